The van der Waals surface area contributed by atoms with Crippen LogP contribution in [0.1, 0.15) is 51.3 Å². The van der Waals surface area contributed by atoms with Crippen LogP contribution >= 0.6 is 0 Å². The van der Waals surface area contributed by atoms with E-state index in [-0.39, 0.29) is 11.7 Å². The third-order valence-electron chi connectivity index (χ3n) is 4.72. The lowest BCUT2D eigenvalue weighted by Crippen LogP contribution is -2.42. The fourth-order valence-corrected chi connectivity index (χ4v) is 3.44. The van der Waals surface area contributed by atoms with Gasteiger partial charge in [-0.3, -0.25) is 4.79 Å². The fourth-order valence-electron chi connectivity index (χ4n) is 3.44. The van der Waals surface area contributed by atoms with Crippen LogP contribution in [0.3, 0.4) is 0 Å². The summed E-state index contributed by atoms with van der Waals surface area (Å²) in [5.74, 6) is 0.383. The van der Waals surface area contributed by atoms with Crippen molar-refractivity contribution in [2.24, 2.45) is 5.92 Å². The van der Waals surface area contributed by atoms with Gasteiger partial charge in [0.25, 0.3) is 5.56 Å². The molecular formula is C18H27N3O3. The van der Waals surface area contributed by atoms with Crippen LogP contribution in [0.25, 0.3) is 0 Å². The lowest BCUT2D eigenvalue weighted by atomic mass is 9.97. The highest BCUT2D eigenvalue weighted by molar-refractivity contribution is 5.68. The molecule has 132 valence electrons. The number of aromatic nitrogens is 2. The van der Waals surface area contributed by atoms with Gasteiger partial charge in [-0.15, -0.1) is 0 Å². The SMILES string of the molecule is CC(C)(C)OC(=O)N1CCC(Cn2nc3c(cc2=O)CCC3)CC1. The molecule has 1 amide bonds. The normalized spacial score (nSPS) is 18.5. The van der Waals surface area contributed by atoms with Crippen molar-refractivity contribution >= 4 is 6.09 Å². The van der Waals surface area contributed by atoms with Crippen molar-refractivity contribution in [1.82, 2.24) is 14.7 Å². The summed E-state index contributed by atoms with van der Waals surface area (Å²) in [6.45, 7) is 7.64. The Balaban J connectivity index is 1.56. The van der Waals surface area contributed by atoms with Crippen molar-refractivity contribution in [2.75, 3.05) is 13.1 Å². The number of fused-ring (bicyclic) bond motifs is 1. The number of carbonyl (C=O) groups is 1. The zero-order valence-electron chi connectivity index (χ0n) is 14.9. The minimum absolute atomic E-state index is 0.00484. The molecule has 0 N–H and O–H groups in total. The summed E-state index contributed by atoms with van der Waals surface area (Å²) in [5, 5.41) is 4.55. The summed E-state index contributed by atoms with van der Waals surface area (Å²) in [7, 11) is 0. The Morgan fingerprint density at radius 2 is 2.00 bits per heavy atom. The number of ether oxygens (including phenoxy) is 1. The van der Waals surface area contributed by atoms with Crippen LogP contribution in [-0.2, 0) is 24.1 Å². The van der Waals surface area contributed by atoms with Gasteiger partial charge in [-0.2, -0.15) is 5.10 Å². The molecule has 0 saturated carbocycles. The highest BCUT2D eigenvalue weighted by atomic mass is 16.6. The molecule has 0 spiro atoms. The van der Waals surface area contributed by atoms with E-state index in [4.69, 9.17) is 4.74 Å². The van der Waals surface area contributed by atoms with E-state index in [9.17, 15) is 9.59 Å². The van der Waals surface area contributed by atoms with Gasteiger partial charge in [0.15, 0.2) is 0 Å². The van der Waals surface area contributed by atoms with Gasteiger partial charge < -0.3 is 9.64 Å². The third kappa shape index (κ3) is 3.97. The zero-order chi connectivity index (χ0) is 17.3. The first-order valence-electron chi connectivity index (χ1n) is 8.90. The second-order valence-electron chi connectivity index (χ2n) is 7.90. The number of aryl methyl sites for hydroxylation is 2. The lowest BCUT2D eigenvalue weighted by molar-refractivity contribution is 0.0176. The van der Waals surface area contributed by atoms with E-state index in [1.807, 2.05) is 20.8 Å². The molecule has 0 radical (unpaired) electrons. The summed E-state index contributed by atoms with van der Waals surface area (Å²) < 4.78 is 7.04. The molecule has 1 aliphatic carbocycles. The highest BCUT2D eigenvalue weighted by Gasteiger charge is 2.27. The first-order chi connectivity index (χ1) is 11.3. The van der Waals surface area contributed by atoms with Crippen LogP contribution in [0.4, 0.5) is 4.79 Å². The van der Waals surface area contributed by atoms with E-state index in [2.05, 4.69) is 5.10 Å². The van der Waals surface area contributed by atoms with E-state index < -0.39 is 5.60 Å². The molecule has 0 bridgehead atoms. The standard InChI is InChI=1S/C18H27N3O3/c1-18(2,3)24-17(23)20-9-7-13(8-10-20)12-21-16(22)11-14-5-4-6-15(14)19-21/h11,13H,4-10,12H2,1-3H3. The molecular weight excluding hydrogens is 306 g/mol. The Labute approximate surface area is 142 Å². The Kier molecular flexibility index (Phi) is 4.65. The molecule has 6 heteroatoms. The number of hydrogen-bond acceptors (Lipinski definition) is 4. The predicted molar refractivity (Wildman–Crippen MR) is 91.1 cm³/mol. The molecule has 0 aromatic carbocycles. The Morgan fingerprint density at radius 3 is 2.67 bits per heavy atom. The molecule has 1 saturated heterocycles. The van der Waals surface area contributed by atoms with E-state index in [1.54, 1.807) is 15.6 Å². The van der Waals surface area contributed by atoms with Gasteiger partial charge in [0.1, 0.15) is 5.60 Å². The Hall–Kier alpha value is -1.85. The van der Waals surface area contributed by atoms with E-state index >= 15 is 0 Å². The van der Waals surface area contributed by atoms with Crippen LogP contribution in [-0.4, -0.2) is 39.5 Å². The van der Waals surface area contributed by atoms with Crippen molar-refractivity contribution in [3.05, 3.63) is 27.7 Å². The number of piperidine rings is 1. The van der Waals surface area contributed by atoms with Gasteiger partial charge in [0.05, 0.1) is 5.69 Å². The highest BCUT2D eigenvalue weighted by Crippen LogP contribution is 2.22. The number of nitrogens with zero attached hydrogens (tertiary/aromatic N) is 3. The first-order valence-corrected chi connectivity index (χ1v) is 8.90. The minimum atomic E-state index is -0.463. The maximum Gasteiger partial charge on any atom is 0.410 e. The predicted octanol–water partition coefficient (Wildman–Crippen LogP) is 2.38. The molecule has 1 aromatic heterocycles. The molecule has 1 aromatic rings. The molecule has 1 aliphatic heterocycles. The van der Waals surface area contributed by atoms with E-state index in [0.717, 1.165) is 43.4 Å². The maximum atomic E-state index is 12.2. The Morgan fingerprint density at radius 1 is 1.29 bits per heavy atom. The van der Waals surface area contributed by atoms with Crippen molar-refractivity contribution < 1.29 is 9.53 Å². The Bertz CT molecular complexity index is 667. The molecule has 0 atom stereocenters. The fraction of sp³-hybridized carbons (Fsp3) is 0.722. The molecule has 1 fully saturated rings. The number of amides is 1. The monoisotopic (exact) mass is 333 g/mol. The minimum Gasteiger partial charge on any atom is -0.444 e. The van der Waals surface area contributed by atoms with E-state index in [0.29, 0.717) is 25.6 Å². The number of rotatable bonds is 2. The van der Waals surface area contributed by atoms with Crippen LogP contribution in [0.15, 0.2) is 10.9 Å². The van der Waals surface area contributed by atoms with Gasteiger partial charge in [0, 0.05) is 25.7 Å². The van der Waals surface area contributed by atoms with E-state index in [1.165, 1.54) is 0 Å². The largest absolute Gasteiger partial charge is 0.444 e. The molecule has 24 heavy (non-hydrogen) atoms. The topological polar surface area (TPSA) is 64.4 Å². The van der Waals surface area contributed by atoms with Crippen LogP contribution < -0.4 is 5.56 Å². The molecule has 3 rings (SSSR count). The number of carbonyl (C=O) groups excluding carboxylic acids is 1. The summed E-state index contributed by atoms with van der Waals surface area (Å²) >= 11 is 0. The van der Waals surface area contributed by atoms with Crippen LogP contribution in [0.2, 0.25) is 0 Å². The molecule has 6 nitrogen and oxygen atoms in total. The summed E-state index contributed by atoms with van der Waals surface area (Å²) in [6.07, 6.45) is 4.57. The summed E-state index contributed by atoms with van der Waals surface area (Å²) in [5.41, 5.74) is 1.75. The van der Waals surface area contributed by atoms with Crippen LogP contribution in [0, 0.1) is 5.92 Å². The van der Waals surface area contributed by atoms with Gasteiger partial charge in [-0.1, -0.05) is 0 Å². The summed E-state index contributed by atoms with van der Waals surface area (Å²) in [6, 6.07) is 1.76. The lowest BCUT2D eigenvalue weighted by Gasteiger charge is -2.33. The average Bonchev–Trinajstić information content (AvgIpc) is 2.93. The van der Waals surface area contributed by atoms with Gasteiger partial charge >= 0.3 is 6.09 Å². The third-order valence-corrected chi connectivity index (χ3v) is 4.72. The smallest absolute Gasteiger partial charge is 0.410 e. The summed E-state index contributed by atoms with van der Waals surface area (Å²) in [4.78, 5) is 26.1. The second kappa shape index (κ2) is 6.57. The zero-order valence-corrected chi connectivity index (χ0v) is 14.9. The van der Waals surface area contributed by atoms with Gasteiger partial charge in [-0.25, -0.2) is 9.48 Å². The van der Waals surface area contributed by atoms with Crippen molar-refractivity contribution in [1.29, 1.82) is 0 Å². The molecule has 2 aliphatic rings. The van der Waals surface area contributed by atoms with Crippen molar-refractivity contribution in [3.8, 4) is 0 Å². The number of likely N-dealkylation sites (tertiary alicyclic amines) is 1. The molecule has 0 unspecified atom stereocenters. The van der Waals surface area contributed by atoms with Crippen LogP contribution in [0.5, 0.6) is 0 Å². The van der Waals surface area contributed by atoms with Crippen molar-refractivity contribution in [2.45, 2.75) is 65.0 Å². The first kappa shape index (κ1) is 17.0. The maximum absolute atomic E-state index is 12.2. The number of hydrogen-bond donors (Lipinski definition) is 0. The average molecular weight is 333 g/mol. The van der Waals surface area contributed by atoms with Gasteiger partial charge in [-0.05, 0) is 64.4 Å². The van der Waals surface area contributed by atoms with Crippen molar-refractivity contribution in [3.63, 3.8) is 0 Å². The quantitative estimate of drug-likeness (QED) is 0.833. The van der Waals surface area contributed by atoms with Gasteiger partial charge in [0.2, 0.25) is 0 Å². The second-order valence-corrected chi connectivity index (χ2v) is 7.90. The molecule has 2 heterocycles.